The summed E-state index contributed by atoms with van der Waals surface area (Å²) in [5, 5.41) is 10.5. The van der Waals surface area contributed by atoms with Crippen LogP contribution in [0.5, 0.6) is 0 Å². The summed E-state index contributed by atoms with van der Waals surface area (Å²) in [6.45, 7) is 7.54. The normalized spacial score (nSPS) is 10.3. The van der Waals surface area contributed by atoms with Crippen LogP contribution >= 0.6 is 0 Å². The highest BCUT2D eigenvalue weighted by Gasteiger charge is 2.13. The van der Waals surface area contributed by atoms with E-state index in [1.54, 1.807) is 13.2 Å². The van der Waals surface area contributed by atoms with E-state index in [-0.39, 0.29) is 0 Å². The fraction of sp³-hybridized carbons (Fsp3) is 0.273. The average Bonchev–Trinajstić information content (AvgIpc) is 2.77. The second kappa shape index (κ2) is 4.32. The van der Waals surface area contributed by atoms with E-state index >= 15 is 0 Å². The molecule has 2 heterocycles. The van der Waals surface area contributed by atoms with Crippen molar-refractivity contribution in [3.63, 3.8) is 0 Å². The van der Waals surface area contributed by atoms with E-state index in [1.807, 2.05) is 13.8 Å². The smallest absolute Gasteiger partial charge is 0.315 e. The lowest BCUT2D eigenvalue weighted by molar-refractivity contribution is 0.582. The highest BCUT2D eigenvalue weighted by molar-refractivity contribution is 5.60. The summed E-state index contributed by atoms with van der Waals surface area (Å²) in [6, 6.07) is 0.349. The molecule has 6 nitrogen and oxygen atoms in total. The van der Waals surface area contributed by atoms with Crippen molar-refractivity contribution in [2.75, 3.05) is 12.4 Å². The van der Waals surface area contributed by atoms with E-state index in [1.165, 1.54) is 0 Å². The summed E-state index contributed by atoms with van der Waals surface area (Å²) in [5.41, 5.74) is 2.88. The van der Waals surface area contributed by atoms with Crippen LogP contribution in [0.3, 0.4) is 0 Å². The number of rotatable bonds is 3. The minimum atomic E-state index is 0.349. The summed E-state index contributed by atoms with van der Waals surface area (Å²) < 4.78 is 5.37. The molecule has 0 saturated carbocycles. The van der Waals surface area contributed by atoms with Gasteiger partial charge in [-0.2, -0.15) is 0 Å². The Morgan fingerprint density at radius 3 is 2.76 bits per heavy atom. The van der Waals surface area contributed by atoms with Crippen LogP contribution in [0.1, 0.15) is 18.3 Å². The maximum atomic E-state index is 5.37. The third-order valence-corrected chi connectivity index (χ3v) is 2.23. The van der Waals surface area contributed by atoms with E-state index in [2.05, 4.69) is 32.1 Å². The summed E-state index contributed by atoms with van der Waals surface area (Å²) in [6.07, 6.45) is 1.68. The third-order valence-electron chi connectivity index (χ3n) is 2.23. The first kappa shape index (κ1) is 11.3. The number of anilines is 1. The van der Waals surface area contributed by atoms with Crippen molar-refractivity contribution in [1.82, 2.24) is 20.2 Å². The van der Waals surface area contributed by atoms with Crippen LogP contribution in [-0.2, 0) is 0 Å². The lowest BCUT2D eigenvalue weighted by Gasteiger charge is -2.03. The van der Waals surface area contributed by atoms with Crippen LogP contribution in [0.4, 0.5) is 6.01 Å². The highest BCUT2D eigenvalue weighted by atomic mass is 16.4. The molecule has 0 aliphatic heterocycles. The monoisotopic (exact) mass is 231 g/mol. The van der Waals surface area contributed by atoms with Gasteiger partial charge in [-0.05, 0) is 19.4 Å². The van der Waals surface area contributed by atoms with Gasteiger partial charge in [0.2, 0.25) is 0 Å². The Kier molecular flexibility index (Phi) is 2.86. The lowest BCUT2D eigenvalue weighted by atomic mass is 10.2. The third kappa shape index (κ3) is 2.15. The van der Waals surface area contributed by atoms with E-state index in [0.717, 1.165) is 17.0 Å². The molecule has 0 unspecified atom stereocenters. The molecule has 0 amide bonds. The van der Waals surface area contributed by atoms with Crippen LogP contribution in [0.25, 0.3) is 17.2 Å². The first-order chi connectivity index (χ1) is 8.11. The van der Waals surface area contributed by atoms with Crippen LogP contribution in [0.15, 0.2) is 17.2 Å². The molecule has 0 aromatic carbocycles. The minimum Gasteiger partial charge on any atom is -0.402 e. The highest BCUT2D eigenvalue weighted by Crippen LogP contribution is 2.21. The maximum absolute atomic E-state index is 5.37. The molecular formula is C11H13N5O. The molecule has 0 aliphatic rings. The predicted octanol–water partition coefficient (Wildman–Crippen LogP) is 1.91. The zero-order valence-corrected chi connectivity index (χ0v) is 9.98. The van der Waals surface area contributed by atoms with Gasteiger partial charge >= 0.3 is 6.01 Å². The Morgan fingerprint density at radius 2 is 2.18 bits per heavy atom. The summed E-state index contributed by atoms with van der Waals surface area (Å²) in [5.74, 6) is 0.349. The Labute approximate surface area is 98.8 Å². The number of aromatic nitrogens is 4. The molecule has 0 aliphatic carbocycles. The number of nitrogens with one attached hydrogen (secondary N) is 1. The van der Waals surface area contributed by atoms with Crippen molar-refractivity contribution in [2.45, 2.75) is 13.8 Å². The number of hydrogen-bond acceptors (Lipinski definition) is 6. The second-order valence-corrected chi connectivity index (χ2v) is 3.63. The molecule has 2 aromatic rings. The fourth-order valence-corrected chi connectivity index (χ4v) is 1.28. The first-order valence-corrected chi connectivity index (χ1v) is 5.13. The Hall–Kier alpha value is -2.24. The van der Waals surface area contributed by atoms with E-state index in [0.29, 0.717) is 17.6 Å². The molecule has 6 heteroatoms. The number of aryl methyl sites for hydroxylation is 1. The maximum Gasteiger partial charge on any atom is 0.315 e. The molecule has 2 aromatic heterocycles. The molecule has 0 fully saturated rings. The lowest BCUT2D eigenvalue weighted by Crippen LogP contribution is -1.96. The molecule has 0 bridgehead atoms. The van der Waals surface area contributed by atoms with Crippen LogP contribution < -0.4 is 5.32 Å². The molecule has 2 rings (SSSR count). The molecule has 0 atom stereocenters. The number of allylic oxidation sites excluding steroid dienone is 1. The molecule has 0 saturated heterocycles. The quantitative estimate of drug-likeness (QED) is 0.869. The zero-order valence-electron chi connectivity index (χ0n) is 9.98. The molecule has 17 heavy (non-hydrogen) atoms. The Morgan fingerprint density at radius 1 is 1.41 bits per heavy atom. The van der Waals surface area contributed by atoms with Gasteiger partial charge < -0.3 is 9.73 Å². The van der Waals surface area contributed by atoms with E-state index in [9.17, 15) is 0 Å². The summed E-state index contributed by atoms with van der Waals surface area (Å²) in [4.78, 5) is 8.64. The van der Waals surface area contributed by atoms with Crippen LogP contribution in [-0.4, -0.2) is 27.2 Å². The van der Waals surface area contributed by atoms with Gasteiger partial charge in [0, 0.05) is 7.05 Å². The van der Waals surface area contributed by atoms with Crippen LogP contribution in [0.2, 0.25) is 0 Å². The fourth-order valence-electron chi connectivity index (χ4n) is 1.28. The molecule has 88 valence electrons. The molecule has 0 spiro atoms. The van der Waals surface area contributed by atoms with Crippen molar-refractivity contribution in [3.05, 3.63) is 24.2 Å². The number of hydrogen-bond donors (Lipinski definition) is 1. The second-order valence-electron chi connectivity index (χ2n) is 3.63. The molecule has 1 N–H and O–H groups in total. The van der Waals surface area contributed by atoms with Gasteiger partial charge in [-0.3, -0.25) is 4.98 Å². The van der Waals surface area contributed by atoms with Crippen molar-refractivity contribution in [2.24, 2.45) is 0 Å². The average molecular weight is 231 g/mol. The SMILES string of the molecule is C=C(C)c1cnc(C)c(-c2nnc(NC)o2)n1. The van der Waals surface area contributed by atoms with Crippen molar-refractivity contribution >= 4 is 11.6 Å². The van der Waals surface area contributed by atoms with Crippen LogP contribution in [0, 0.1) is 6.92 Å². The van der Waals surface area contributed by atoms with Crippen molar-refractivity contribution in [1.29, 1.82) is 0 Å². The summed E-state index contributed by atoms with van der Waals surface area (Å²) in [7, 11) is 1.71. The molecule has 0 radical (unpaired) electrons. The predicted molar refractivity (Wildman–Crippen MR) is 64.3 cm³/mol. The summed E-state index contributed by atoms with van der Waals surface area (Å²) >= 11 is 0. The largest absolute Gasteiger partial charge is 0.402 e. The first-order valence-electron chi connectivity index (χ1n) is 5.13. The van der Waals surface area contributed by atoms with E-state index in [4.69, 9.17) is 4.42 Å². The number of nitrogens with zero attached hydrogens (tertiary/aromatic N) is 4. The van der Waals surface area contributed by atoms with Gasteiger partial charge in [0.1, 0.15) is 5.69 Å². The molecular weight excluding hydrogens is 218 g/mol. The van der Waals surface area contributed by atoms with Crippen molar-refractivity contribution < 1.29 is 4.42 Å². The van der Waals surface area contributed by atoms with Crippen molar-refractivity contribution in [3.8, 4) is 11.6 Å². The van der Waals surface area contributed by atoms with Gasteiger partial charge in [0.25, 0.3) is 5.89 Å². The van der Waals surface area contributed by atoms with Gasteiger partial charge in [-0.15, -0.1) is 5.10 Å². The van der Waals surface area contributed by atoms with Gasteiger partial charge in [0.05, 0.1) is 17.6 Å². The Bertz CT molecular complexity index is 561. The minimum absolute atomic E-state index is 0.349. The Balaban J connectivity index is 2.49. The van der Waals surface area contributed by atoms with Gasteiger partial charge in [-0.25, -0.2) is 4.98 Å². The van der Waals surface area contributed by atoms with E-state index < -0.39 is 0 Å². The zero-order chi connectivity index (χ0) is 12.4. The van der Waals surface area contributed by atoms with Gasteiger partial charge in [-0.1, -0.05) is 11.7 Å². The van der Waals surface area contributed by atoms with Gasteiger partial charge in [0.15, 0.2) is 0 Å². The topological polar surface area (TPSA) is 76.7 Å². The standard InChI is InChI=1S/C11H13N5O/c1-6(2)8-5-13-7(3)9(14-8)10-15-16-11(12-4)17-10/h5H,1H2,2-4H3,(H,12,16).